The summed E-state index contributed by atoms with van der Waals surface area (Å²) in [6, 6.07) is 39.0. The fraction of sp³-hybridized carbons (Fsp3) is 0.0556. The number of pyridine rings is 1. The second-order valence-electron chi connectivity index (χ2n) is 10.3. The van der Waals surface area contributed by atoms with Crippen molar-refractivity contribution in [3.63, 3.8) is 0 Å². The molecule has 7 aromatic rings. The van der Waals surface area contributed by atoms with Gasteiger partial charge in [-0.25, -0.2) is 0 Å². The van der Waals surface area contributed by atoms with E-state index in [0.717, 1.165) is 46.6 Å². The monoisotopic (exact) mass is 514 g/mol. The van der Waals surface area contributed by atoms with Gasteiger partial charge >= 0.3 is 0 Å². The number of aliphatic imine (C=N–C) groups is 1. The van der Waals surface area contributed by atoms with E-state index in [1.165, 1.54) is 32.9 Å². The van der Waals surface area contributed by atoms with Crippen LogP contribution in [0, 0.1) is 0 Å². The van der Waals surface area contributed by atoms with E-state index in [9.17, 15) is 0 Å². The molecule has 0 saturated carbocycles. The molecule has 1 aliphatic rings. The lowest BCUT2D eigenvalue weighted by molar-refractivity contribution is 1.09. The van der Waals surface area contributed by atoms with Crippen molar-refractivity contribution in [3.05, 3.63) is 138 Å². The average Bonchev–Trinajstić information content (AvgIpc) is 3.39. The average molecular weight is 515 g/mol. The highest BCUT2D eigenvalue weighted by Gasteiger charge is 2.17. The van der Waals surface area contributed by atoms with Gasteiger partial charge in [-0.05, 0) is 72.2 Å². The predicted molar refractivity (Wildman–Crippen MR) is 166 cm³/mol. The number of hydrogen-bond acceptors (Lipinski definition) is 2. The number of rotatable bonds is 4. The fourth-order valence-electron chi connectivity index (χ4n) is 6.02. The second kappa shape index (κ2) is 9.21. The van der Waals surface area contributed by atoms with E-state index in [1.54, 1.807) is 0 Å². The summed E-state index contributed by atoms with van der Waals surface area (Å²) in [5.74, 6) is 0. The van der Waals surface area contributed by atoms with Crippen LogP contribution in [-0.2, 0) is 6.42 Å². The van der Waals surface area contributed by atoms with Crippen LogP contribution in [0.5, 0.6) is 0 Å². The minimum Gasteiger partial charge on any atom is -0.308 e. The van der Waals surface area contributed by atoms with E-state index >= 15 is 0 Å². The molecule has 0 unspecified atom stereocenters. The van der Waals surface area contributed by atoms with E-state index < -0.39 is 0 Å². The van der Waals surface area contributed by atoms with Gasteiger partial charge in [0.1, 0.15) is 0 Å². The predicted octanol–water partition coefficient (Wildman–Crippen LogP) is 8.83. The maximum Gasteiger partial charge on any atom is 0.0963 e. The van der Waals surface area contributed by atoms with Gasteiger partial charge in [-0.3, -0.25) is 9.98 Å². The first-order valence-corrected chi connectivity index (χ1v) is 13.7. The summed E-state index contributed by atoms with van der Waals surface area (Å²) in [5.41, 5.74) is 11.6. The highest BCUT2D eigenvalue weighted by molar-refractivity contribution is 6.07. The molecule has 0 radical (unpaired) electrons. The Labute approximate surface area is 232 Å². The minimum atomic E-state index is 0.856. The largest absolute Gasteiger partial charge is 0.308 e. The zero-order valence-electron chi connectivity index (χ0n) is 21.9. The quantitative estimate of drug-likeness (QED) is 0.231. The molecule has 0 fully saturated rings. The fourth-order valence-corrected chi connectivity index (χ4v) is 6.02. The molecule has 0 spiro atoms. The molecule has 4 nitrogen and oxygen atoms in total. The van der Waals surface area contributed by atoms with E-state index in [1.807, 2.05) is 18.5 Å². The van der Waals surface area contributed by atoms with E-state index in [4.69, 9.17) is 4.99 Å². The molecular formula is C36H26N4. The van der Waals surface area contributed by atoms with Crippen molar-refractivity contribution < 1.29 is 0 Å². The Morgan fingerprint density at radius 2 is 1.23 bits per heavy atom. The molecule has 0 saturated heterocycles. The molecule has 4 heterocycles. The highest BCUT2D eigenvalue weighted by atomic mass is 15.0. The van der Waals surface area contributed by atoms with Crippen LogP contribution in [0.4, 0.5) is 5.69 Å². The van der Waals surface area contributed by atoms with Gasteiger partial charge in [0, 0.05) is 41.0 Å². The smallest absolute Gasteiger partial charge is 0.0963 e. The van der Waals surface area contributed by atoms with Gasteiger partial charge in [-0.15, -0.1) is 0 Å². The number of aromatic nitrogens is 3. The third-order valence-corrected chi connectivity index (χ3v) is 7.85. The lowest BCUT2D eigenvalue weighted by Gasteiger charge is -2.11. The van der Waals surface area contributed by atoms with Crippen LogP contribution in [-0.4, -0.2) is 20.3 Å². The van der Waals surface area contributed by atoms with Gasteiger partial charge in [0.25, 0.3) is 0 Å². The molecule has 0 aliphatic carbocycles. The molecule has 0 atom stereocenters. The zero-order valence-corrected chi connectivity index (χ0v) is 21.9. The van der Waals surface area contributed by atoms with Crippen LogP contribution in [0.2, 0.25) is 0 Å². The molecule has 1 aliphatic heterocycles. The van der Waals surface area contributed by atoms with Crippen LogP contribution in [0.3, 0.4) is 0 Å². The molecule has 0 N–H and O–H groups in total. The summed E-state index contributed by atoms with van der Waals surface area (Å²) >= 11 is 0. The van der Waals surface area contributed by atoms with Crippen LogP contribution in [0.15, 0.2) is 126 Å². The number of benzene rings is 4. The molecule has 4 aromatic carbocycles. The first kappa shape index (κ1) is 22.7. The third kappa shape index (κ3) is 3.61. The molecule has 8 rings (SSSR count). The Hall–Kier alpha value is -5.22. The Morgan fingerprint density at radius 1 is 0.600 bits per heavy atom. The minimum absolute atomic E-state index is 0.856. The summed E-state index contributed by atoms with van der Waals surface area (Å²) in [5, 5.41) is 2.36. The number of para-hydroxylation sites is 2. The zero-order chi connectivity index (χ0) is 26.5. The van der Waals surface area contributed by atoms with Gasteiger partial charge in [-0.1, -0.05) is 66.7 Å². The van der Waals surface area contributed by atoms with E-state index in [-0.39, 0.29) is 0 Å². The van der Waals surface area contributed by atoms with E-state index in [0.29, 0.717) is 0 Å². The van der Waals surface area contributed by atoms with Crippen LogP contribution in [0.25, 0.3) is 50.3 Å². The Balaban J connectivity index is 1.11. The Kier molecular flexibility index (Phi) is 5.23. The number of fused-ring (bicyclic) bond motifs is 6. The Bertz CT molecular complexity index is 2030. The van der Waals surface area contributed by atoms with Crippen molar-refractivity contribution >= 4 is 50.8 Å². The number of nitrogens with zero attached hydrogens (tertiary/aromatic N) is 4. The van der Waals surface area contributed by atoms with Crippen molar-refractivity contribution in [2.24, 2.45) is 4.99 Å². The standard InChI is InChI=1S/C36H26N4/c1-3-10-31-29(8-1)35-33(12-5-6-22-37-35)39(31)27-18-14-25(15-19-27)24-26-16-20-28(21-17-26)40-32-11-4-2-9-30(32)36-34(40)13-7-23-38-36/h1-5,7-23H,6,24H2. The maximum atomic E-state index is 4.78. The van der Waals surface area contributed by atoms with Crippen molar-refractivity contribution in [3.8, 4) is 11.4 Å². The summed E-state index contributed by atoms with van der Waals surface area (Å²) in [6.07, 6.45) is 9.97. The lowest BCUT2D eigenvalue weighted by Crippen LogP contribution is -1.98. The molecule has 0 bridgehead atoms. The van der Waals surface area contributed by atoms with Crippen LogP contribution in [0.1, 0.15) is 23.2 Å². The van der Waals surface area contributed by atoms with Gasteiger partial charge in [0.15, 0.2) is 0 Å². The van der Waals surface area contributed by atoms with Crippen molar-refractivity contribution in [2.75, 3.05) is 0 Å². The molecule has 3 aromatic heterocycles. The summed E-state index contributed by atoms with van der Waals surface area (Å²) in [7, 11) is 0. The Morgan fingerprint density at radius 3 is 1.98 bits per heavy atom. The topological polar surface area (TPSA) is 35.1 Å². The van der Waals surface area contributed by atoms with Gasteiger partial charge < -0.3 is 9.13 Å². The van der Waals surface area contributed by atoms with Crippen LogP contribution < -0.4 is 0 Å². The molecule has 4 heteroatoms. The first-order valence-electron chi connectivity index (χ1n) is 13.7. The van der Waals surface area contributed by atoms with Crippen molar-refractivity contribution in [1.29, 1.82) is 0 Å². The molecule has 40 heavy (non-hydrogen) atoms. The number of hydrogen-bond donors (Lipinski definition) is 0. The second-order valence-corrected chi connectivity index (χ2v) is 10.3. The molecule has 190 valence electrons. The van der Waals surface area contributed by atoms with Gasteiger partial charge in [-0.2, -0.15) is 0 Å². The summed E-state index contributed by atoms with van der Waals surface area (Å²) < 4.78 is 4.63. The molecular weight excluding hydrogens is 488 g/mol. The van der Waals surface area contributed by atoms with Crippen molar-refractivity contribution in [2.45, 2.75) is 12.8 Å². The summed E-state index contributed by atoms with van der Waals surface area (Å²) in [4.78, 5) is 9.45. The van der Waals surface area contributed by atoms with E-state index in [2.05, 4.69) is 129 Å². The highest BCUT2D eigenvalue weighted by Crippen LogP contribution is 2.37. The SMILES string of the molecule is C1=Cc2c(c3ccccc3n2-c2ccc(Cc3ccc(-n4c5ccccc5c5ncccc54)cc3)cc2)N=CC1. The van der Waals surface area contributed by atoms with Gasteiger partial charge in [0.2, 0.25) is 0 Å². The maximum absolute atomic E-state index is 4.78. The van der Waals surface area contributed by atoms with Gasteiger partial charge in [0.05, 0.1) is 33.4 Å². The molecule has 0 amide bonds. The third-order valence-electron chi connectivity index (χ3n) is 7.85. The van der Waals surface area contributed by atoms with Crippen molar-refractivity contribution in [1.82, 2.24) is 14.1 Å². The summed E-state index contributed by atoms with van der Waals surface area (Å²) in [6.45, 7) is 0. The van der Waals surface area contributed by atoms with Crippen LogP contribution >= 0.6 is 0 Å². The normalized spacial score (nSPS) is 12.8. The number of allylic oxidation sites excluding steroid dienone is 1. The first-order chi connectivity index (χ1) is 19.8. The lowest BCUT2D eigenvalue weighted by atomic mass is 10.0.